The summed E-state index contributed by atoms with van der Waals surface area (Å²) >= 11 is 20.9. The molecule has 0 radical (unpaired) electrons. The average molecular weight is 453 g/mol. The molecule has 0 bridgehead atoms. The van der Waals surface area contributed by atoms with Crippen molar-refractivity contribution in [1.82, 2.24) is 0 Å². The summed E-state index contributed by atoms with van der Waals surface area (Å²) in [6, 6.07) is 9.84. The highest BCUT2D eigenvalue weighted by molar-refractivity contribution is 9.10. The van der Waals surface area contributed by atoms with E-state index in [0.29, 0.717) is 5.56 Å². The van der Waals surface area contributed by atoms with Gasteiger partial charge in [0.25, 0.3) is 0 Å². The number of nitrogens with zero attached hydrogens (tertiary/aromatic N) is 1. The van der Waals surface area contributed by atoms with Gasteiger partial charge in [0, 0.05) is 16.1 Å². The average Bonchev–Trinajstić information content (AvgIpc) is 2.55. The van der Waals surface area contributed by atoms with E-state index in [1.54, 1.807) is 24.3 Å². The molecule has 126 valence electrons. The summed E-state index contributed by atoms with van der Waals surface area (Å²) in [6.45, 7) is -0.422. The first kappa shape index (κ1) is 18.9. The summed E-state index contributed by atoms with van der Waals surface area (Å²) in [5.41, 5.74) is 6.34. The Hall–Kier alpha value is -1.47. The van der Waals surface area contributed by atoms with Crippen molar-refractivity contribution < 1.29 is 14.4 Å². The number of carbonyl (C=O) groups is 1. The van der Waals surface area contributed by atoms with Gasteiger partial charge in [-0.25, -0.2) is 4.79 Å². The van der Waals surface area contributed by atoms with E-state index in [1.165, 1.54) is 12.1 Å². The highest BCUT2D eigenvalue weighted by Gasteiger charge is 2.11. The van der Waals surface area contributed by atoms with Gasteiger partial charge < -0.3 is 15.3 Å². The minimum atomic E-state index is -0.753. The molecule has 0 spiro atoms. The zero-order valence-electron chi connectivity index (χ0n) is 11.9. The molecule has 9 heteroatoms. The molecular weight excluding hydrogens is 442 g/mol. The molecule has 0 aliphatic rings. The predicted molar refractivity (Wildman–Crippen MR) is 97.9 cm³/mol. The molecule has 2 aromatic rings. The number of hydrogen-bond acceptors (Lipinski definition) is 4. The van der Waals surface area contributed by atoms with Crippen molar-refractivity contribution in [3.8, 4) is 5.75 Å². The standard InChI is InChI=1S/C15H10BrCl3N2O3/c16-9-3-1-8(2-4-9)15(20)21-24-14(22)7-23-13-6-11(18)10(17)5-12(13)19/h1-6H,7H2,(H2,20,21). The Morgan fingerprint density at radius 3 is 2.38 bits per heavy atom. The van der Waals surface area contributed by atoms with Crippen LogP contribution in [0, 0.1) is 0 Å². The molecule has 0 heterocycles. The van der Waals surface area contributed by atoms with E-state index in [-0.39, 0.29) is 26.7 Å². The Labute approximate surface area is 161 Å². The van der Waals surface area contributed by atoms with Crippen LogP contribution in [-0.2, 0) is 9.63 Å². The van der Waals surface area contributed by atoms with Crippen molar-refractivity contribution in [1.29, 1.82) is 0 Å². The SMILES string of the molecule is N/C(=N/OC(=O)COc1cc(Cl)c(Cl)cc1Cl)c1ccc(Br)cc1. The number of hydrogen-bond donors (Lipinski definition) is 1. The van der Waals surface area contributed by atoms with Gasteiger partial charge in [-0.1, -0.05) is 68.0 Å². The van der Waals surface area contributed by atoms with Gasteiger partial charge in [-0.05, 0) is 18.2 Å². The van der Waals surface area contributed by atoms with Crippen LogP contribution in [0.2, 0.25) is 15.1 Å². The third kappa shape index (κ3) is 5.27. The van der Waals surface area contributed by atoms with E-state index in [0.717, 1.165) is 4.47 Å². The Balaban J connectivity index is 1.93. The third-order valence-electron chi connectivity index (χ3n) is 2.71. The second-order valence-electron chi connectivity index (χ2n) is 4.43. The summed E-state index contributed by atoms with van der Waals surface area (Å²) in [5.74, 6) is -0.492. The summed E-state index contributed by atoms with van der Waals surface area (Å²) in [7, 11) is 0. The molecule has 0 fully saturated rings. The fraction of sp³-hybridized carbons (Fsp3) is 0.0667. The number of oxime groups is 1. The molecule has 0 aromatic heterocycles. The maximum Gasteiger partial charge on any atom is 0.372 e. The van der Waals surface area contributed by atoms with Crippen LogP contribution in [0.25, 0.3) is 0 Å². The number of carbonyl (C=O) groups excluding carboxylic acids is 1. The van der Waals surface area contributed by atoms with Crippen molar-refractivity contribution >= 4 is 62.5 Å². The summed E-state index contributed by atoms with van der Waals surface area (Å²) in [6.07, 6.45) is 0. The van der Waals surface area contributed by atoms with Crippen LogP contribution >= 0.6 is 50.7 Å². The van der Waals surface area contributed by atoms with Crippen LogP contribution in [0.1, 0.15) is 5.56 Å². The Bertz CT molecular complexity index is 782. The van der Waals surface area contributed by atoms with E-state index in [9.17, 15) is 4.79 Å². The van der Waals surface area contributed by atoms with E-state index in [4.69, 9.17) is 45.3 Å². The molecule has 0 amide bonds. The van der Waals surface area contributed by atoms with E-state index in [1.807, 2.05) is 0 Å². The lowest BCUT2D eigenvalue weighted by Gasteiger charge is -2.08. The van der Waals surface area contributed by atoms with Crippen molar-refractivity contribution in [3.05, 3.63) is 61.5 Å². The summed E-state index contributed by atoms with van der Waals surface area (Å²) in [4.78, 5) is 16.3. The van der Waals surface area contributed by atoms with E-state index < -0.39 is 12.6 Å². The molecule has 0 aliphatic heterocycles. The first-order valence-electron chi connectivity index (χ1n) is 6.43. The summed E-state index contributed by atoms with van der Waals surface area (Å²) in [5, 5.41) is 4.31. The quantitative estimate of drug-likeness (QED) is 0.236. The minimum Gasteiger partial charge on any atom is -0.480 e. The predicted octanol–water partition coefficient (Wildman–Crippen LogP) is 4.65. The Morgan fingerprint density at radius 1 is 1.08 bits per heavy atom. The van der Waals surface area contributed by atoms with Gasteiger partial charge in [0.15, 0.2) is 12.4 Å². The molecule has 2 N–H and O–H groups in total. The molecule has 2 aromatic carbocycles. The van der Waals surface area contributed by atoms with Crippen molar-refractivity contribution in [2.75, 3.05) is 6.61 Å². The van der Waals surface area contributed by atoms with Gasteiger partial charge in [-0.15, -0.1) is 0 Å². The van der Waals surface area contributed by atoms with Crippen LogP contribution in [0.5, 0.6) is 5.75 Å². The normalized spacial score (nSPS) is 11.2. The largest absolute Gasteiger partial charge is 0.480 e. The van der Waals surface area contributed by atoms with Gasteiger partial charge in [0.05, 0.1) is 15.1 Å². The molecule has 5 nitrogen and oxygen atoms in total. The third-order valence-corrected chi connectivity index (χ3v) is 4.25. The smallest absolute Gasteiger partial charge is 0.372 e. The van der Waals surface area contributed by atoms with Gasteiger partial charge in [0.2, 0.25) is 0 Å². The Kier molecular flexibility index (Phi) is 6.74. The number of halogens is 4. The van der Waals surface area contributed by atoms with Gasteiger partial charge >= 0.3 is 5.97 Å². The van der Waals surface area contributed by atoms with E-state index >= 15 is 0 Å². The van der Waals surface area contributed by atoms with Crippen LogP contribution < -0.4 is 10.5 Å². The number of ether oxygens (including phenoxy) is 1. The molecule has 0 saturated carbocycles. The molecule has 0 aliphatic carbocycles. The lowest BCUT2D eigenvalue weighted by Crippen LogP contribution is -2.18. The highest BCUT2D eigenvalue weighted by atomic mass is 79.9. The molecule has 0 saturated heterocycles. The highest BCUT2D eigenvalue weighted by Crippen LogP contribution is 2.33. The van der Waals surface area contributed by atoms with Crippen LogP contribution in [0.3, 0.4) is 0 Å². The van der Waals surface area contributed by atoms with Gasteiger partial charge in [-0.3, -0.25) is 0 Å². The van der Waals surface area contributed by atoms with Crippen LogP contribution in [0.15, 0.2) is 46.0 Å². The molecule has 0 atom stereocenters. The maximum absolute atomic E-state index is 11.6. The van der Waals surface area contributed by atoms with Crippen molar-refractivity contribution in [3.63, 3.8) is 0 Å². The maximum atomic E-state index is 11.6. The molecule has 2 rings (SSSR count). The first-order chi connectivity index (χ1) is 11.4. The zero-order valence-corrected chi connectivity index (χ0v) is 15.8. The number of nitrogens with two attached hydrogens (primary N) is 1. The van der Waals surface area contributed by atoms with Crippen LogP contribution in [0.4, 0.5) is 0 Å². The topological polar surface area (TPSA) is 73.9 Å². The van der Waals surface area contributed by atoms with Crippen LogP contribution in [-0.4, -0.2) is 18.4 Å². The van der Waals surface area contributed by atoms with E-state index in [2.05, 4.69) is 25.9 Å². The van der Waals surface area contributed by atoms with Gasteiger partial charge in [0.1, 0.15) is 5.75 Å². The minimum absolute atomic E-state index is 0.0587. The molecule has 24 heavy (non-hydrogen) atoms. The second kappa shape index (κ2) is 8.58. The molecular formula is C15H10BrCl3N2O3. The lowest BCUT2D eigenvalue weighted by molar-refractivity contribution is -0.146. The fourth-order valence-corrected chi connectivity index (χ4v) is 2.41. The Morgan fingerprint density at radius 2 is 1.71 bits per heavy atom. The zero-order chi connectivity index (χ0) is 17.7. The van der Waals surface area contributed by atoms with Gasteiger partial charge in [-0.2, -0.15) is 0 Å². The second-order valence-corrected chi connectivity index (χ2v) is 6.57. The number of benzene rings is 2. The summed E-state index contributed by atoms with van der Waals surface area (Å²) < 4.78 is 6.11. The molecule has 0 unspecified atom stereocenters. The van der Waals surface area contributed by atoms with Crippen molar-refractivity contribution in [2.45, 2.75) is 0 Å². The number of rotatable bonds is 5. The fourth-order valence-electron chi connectivity index (χ4n) is 1.55. The number of amidine groups is 1. The van der Waals surface area contributed by atoms with Crippen molar-refractivity contribution in [2.24, 2.45) is 10.9 Å². The monoisotopic (exact) mass is 450 g/mol. The lowest BCUT2D eigenvalue weighted by atomic mass is 10.2. The first-order valence-corrected chi connectivity index (χ1v) is 8.36.